The predicted molar refractivity (Wildman–Crippen MR) is 54.8 cm³/mol. The Morgan fingerprint density at radius 1 is 1.38 bits per heavy atom. The van der Waals surface area contributed by atoms with Crippen LogP contribution >= 0.6 is 0 Å². The van der Waals surface area contributed by atoms with E-state index in [0.29, 0.717) is 5.56 Å². The SMILES string of the molecule is O=C(N[C@@H](CCO)C(=O)O)c1ccncc1. The minimum atomic E-state index is -1.17. The van der Waals surface area contributed by atoms with Gasteiger partial charge in [-0.1, -0.05) is 0 Å². The summed E-state index contributed by atoms with van der Waals surface area (Å²) in [6, 6.07) is 1.88. The number of hydrogen-bond donors (Lipinski definition) is 3. The van der Waals surface area contributed by atoms with Crippen LogP contribution in [0, 0.1) is 0 Å². The number of nitrogens with one attached hydrogen (secondary N) is 1. The molecule has 16 heavy (non-hydrogen) atoms. The van der Waals surface area contributed by atoms with Gasteiger partial charge in [0, 0.05) is 31.0 Å². The van der Waals surface area contributed by atoms with Crippen LogP contribution in [0.1, 0.15) is 16.8 Å². The van der Waals surface area contributed by atoms with Crippen molar-refractivity contribution < 1.29 is 19.8 Å². The molecule has 0 aliphatic carbocycles. The van der Waals surface area contributed by atoms with Crippen molar-refractivity contribution in [3.8, 4) is 0 Å². The summed E-state index contributed by atoms with van der Waals surface area (Å²) in [5.74, 6) is -1.67. The van der Waals surface area contributed by atoms with E-state index in [2.05, 4.69) is 10.3 Å². The Labute approximate surface area is 91.9 Å². The van der Waals surface area contributed by atoms with Crippen molar-refractivity contribution in [1.82, 2.24) is 10.3 Å². The summed E-state index contributed by atoms with van der Waals surface area (Å²) >= 11 is 0. The van der Waals surface area contributed by atoms with E-state index in [9.17, 15) is 9.59 Å². The molecule has 0 saturated carbocycles. The number of aliphatic carboxylic acids is 1. The van der Waals surface area contributed by atoms with Crippen molar-refractivity contribution in [2.24, 2.45) is 0 Å². The highest BCUT2D eigenvalue weighted by molar-refractivity contribution is 5.96. The van der Waals surface area contributed by atoms with Crippen LogP contribution in [0.5, 0.6) is 0 Å². The molecule has 1 amide bonds. The van der Waals surface area contributed by atoms with E-state index < -0.39 is 17.9 Å². The van der Waals surface area contributed by atoms with Crippen molar-refractivity contribution >= 4 is 11.9 Å². The second-order valence-electron chi connectivity index (χ2n) is 3.11. The van der Waals surface area contributed by atoms with Crippen molar-refractivity contribution in [3.05, 3.63) is 30.1 Å². The van der Waals surface area contributed by atoms with Gasteiger partial charge in [-0.25, -0.2) is 4.79 Å². The second-order valence-corrected chi connectivity index (χ2v) is 3.11. The Kier molecular flexibility index (Phi) is 4.41. The van der Waals surface area contributed by atoms with Gasteiger partial charge >= 0.3 is 5.97 Å². The first-order valence-electron chi connectivity index (χ1n) is 4.69. The molecule has 1 rings (SSSR count). The summed E-state index contributed by atoms with van der Waals surface area (Å²) in [5.41, 5.74) is 0.333. The van der Waals surface area contributed by atoms with Crippen molar-refractivity contribution in [2.75, 3.05) is 6.61 Å². The quantitative estimate of drug-likeness (QED) is 0.634. The lowest BCUT2D eigenvalue weighted by molar-refractivity contribution is -0.139. The van der Waals surface area contributed by atoms with Gasteiger partial charge in [0.2, 0.25) is 0 Å². The highest BCUT2D eigenvalue weighted by Gasteiger charge is 2.19. The lowest BCUT2D eigenvalue weighted by atomic mass is 10.2. The van der Waals surface area contributed by atoms with E-state index in [-0.39, 0.29) is 13.0 Å². The molecule has 0 saturated heterocycles. The number of carboxylic acid groups (broad SMARTS) is 1. The smallest absolute Gasteiger partial charge is 0.326 e. The molecule has 0 bridgehead atoms. The van der Waals surface area contributed by atoms with Crippen LogP contribution in [0.25, 0.3) is 0 Å². The van der Waals surface area contributed by atoms with Crippen LogP contribution in [-0.2, 0) is 4.79 Å². The Morgan fingerprint density at radius 3 is 2.50 bits per heavy atom. The number of carbonyl (C=O) groups is 2. The van der Waals surface area contributed by atoms with Gasteiger partial charge in [0.15, 0.2) is 0 Å². The highest BCUT2D eigenvalue weighted by Crippen LogP contribution is 1.99. The van der Waals surface area contributed by atoms with Gasteiger partial charge in [-0.15, -0.1) is 0 Å². The molecule has 0 spiro atoms. The summed E-state index contributed by atoms with van der Waals surface area (Å²) < 4.78 is 0. The van der Waals surface area contributed by atoms with Crippen LogP contribution in [0.3, 0.4) is 0 Å². The van der Waals surface area contributed by atoms with Crippen molar-refractivity contribution in [3.63, 3.8) is 0 Å². The Balaban J connectivity index is 2.65. The number of rotatable bonds is 5. The number of hydrogen-bond acceptors (Lipinski definition) is 4. The Hall–Kier alpha value is -1.95. The number of carbonyl (C=O) groups excluding carboxylic acids is 1. The maximum absolute atomic E-state index is 11.6. The Morgan fingerprint density at radius 2 is 2.00 bits per heavy atom. The maximum Gasteiger partial charge on any atom is 0.326 e. The lowest BCUT2D eigenvalue weighted by Gasteiger charge is -2.12. The van der Waals surface area contributed by atoms with E-state index in [1.807, 2.05) is 0 Å². The highest BCUT2D eigenvalue weighted by atomic mass is 16.4. The zero-order valence-electron chi connectivity index (χ0n) is 8.46. The third kappa shape index (κ3) is 3.32. The van der Waals surface area contributed by atoms with Gasteiger partial charge < -0.3 is 15.5 Å². The zero-order chi connectivity index (χ0) is 12.0. The first-order valence-corrected chi connectivity index (χ1v) is 4.69. The van der Waals surface area contributed by atoms with Crippen LogP contribution in [-0.4, -0.2) is 39.7 Å². The third-order valence-electron chi connectivity index (χ3n) is 1.96. The van der Waals surface area contributed by atoms with Gasteiger partial charge in [0.1, 0.15) is 6.04 Å². The fourth-order valence-electron chi connectivity index (χ4n) is 1.13. The normalized spacial score (nSPS) is 11.8. The first kappa shape index (κ1) is 12.1. The molecular weight excluding hydrogens is 212 g/mol. The molecule has 1 aromatic rings. The van der Waals surface area contributed by atoms with E-state index in [0.717, 1.165) is 0 Å². The van der Waals surface area contributed by atoms with Crippen molar-refractivity contribution in [2.45, 2.75) is 12.5 Å². The van der Waals surface area contributed by atoms with Crippen molar-refractivity contribution in [1.29, 1.82) is 0 Å². The average Bonchev–Trinajstić information content (AvgIpc) is 2.29. The van der Waals surface area contributed by atoms with E-state index >= 15 is 0 Å². The molecule has 1 atom stereocenters. The van der Waals surface area contributed by atoms with Crippen LogP contribution < -0.4 is 5.32 Å². The summed E-state index contributed by atoms with van der Waals surface area (Å²) in [6.45, 7) is -0.298. The standard InChI is InChI=1S/C10H12N2O4/c13-6-3-8(10(15)16)12-9(14)7-1-4-11-5-2-7/h1-2,4-5,8,13H,3,6H2,(H,12,14)(H,15,16)/t8-/m0/s1. The number of amides is 1. The van der Waals surface area contributed by atoms with Gasteiger partial charge in [-0.2, -0.15) is 0 Å². The number of carboxylic acids is 1. The third-order valence-corrected chi connectivity index (χ3v) is 1.96. The van der Waals surface area contributed by atoms with Crippen LogP contribution in [0.15, 0.2) is 24.5 Å². The zero-order valence-corrected chi connectivity index (χ0v) is 8.46. The van der Waals surface area contributed by atoms with Gasteiger partial charge in [0.05, 0.1) is 0 Å². The fraction of sp³-hybridized carbons (Fsp3) is 0.300. The molecule has 1 heterocycles. The summed E-state index contributed by atoms with van der Waals surface area (Å²) in [7, 11) is 0. The molecule has 6 nitrogen and oxygen atoms in total. The Bertz CT molecular complexity index is 366. The number of aliphatic hydroxyl groups excluding tert-OH is 1. The molecule has 3 N–H and O–H groups in total. The van der Waals surface area contributed by atoms with Gasteiger partial charge in [-0.3, -0.25) is 9.78 Å². The minimum Gasteiger partial charge on any atom is -0.480 e. The van der Waals surface area contributed by atoms with Gasteiger partial charge in [-0.05, 0) is 12.1 Å². The molecular formula is C10H12N2O4. The van der Waals surface area contributed by atoms with Crippen LogP contribution in [0.2, 0.25) is 0 Å². The maximum atomic E-state index is 11.6. The topological polar surface area (TPSA) is 99.5 Å². The molecule has 6 heteroatoms. The second kappa shape index (κ2) is 5.82. The van der Waals surface area contributed by atoms with E-state index in [4.69, 9.17) is 10.2 Å². The summed E-state index contributed by atoms with van der Waals surface area (Å²) in [4.78, 5) is 26.0. The first-order chi connectivity index (χ1) is 7.65. The molecule has 0 aliphatic heterocycles. The largest absolute Gasteiger partial charge is 0.480 e. The number of aromatic nitrogens is 1. The monoisotopic (exact) mass is 224 g/mol. The average molecular weight is 224 g/mol. The molecule has 0 aliphatic rings. The molecule has 1 aromatic heterocycles. The van der Waals surface area contributed by atoms with Crippen LogP contribution in [0.4, 0.5) is 0 Å². The summed E-state index contributed by atoms with van der Waals surface area (Å²) in [6.07, 6.45) is 2.86. The lowest BCUT2D eigenvalue weighted by Crippen LogP contribution is -2.41. The number of nitrogens with zero attached hydrogens (tertiary/aromatic N) is 1. The molecule has 0 unspecified atom stereocenters. The molecule has 0 radical (unpaired) electrons. The molecule has 0 fully saturated rings. The molecule has 0 aromatic carbocycles. The van der Waals surface area contributed by atoms with E-state index in [1.165, 1.54) is 24.5 Å². The fourth-order valence-corrected chi connectivity index (χ4v) is 1.13. The summed E-state index contributed by atoms with van der Waals surface area (Å²) in [5, 5.41) is 19.7. The predicted octanol–water partition coefficient (Wildman–Crippen LogP) is -0.353. The van der Waals surface area contributed by atoms with E-state index in [1.54, 1.807) is 0 Å². The molecule has 86 valence electrons. The number of aliphatic hydroxyl groups is 1. The number of pyridine rings is 1. The van der Waals surface area contributed by atoms with Gasteiger partial charge in [0.25, 0.3) is 5.91 Å². The minimum absolute atomic E-state index is 0.0217.